The Morgan fingerprint density at radius 1 is 1.24 bits per heavy atom. The number of H-pyrrole nitrogens is 1. The third kappa shape index (κ3) is 2.53. The molecule has 2 heterocycles. The average molecular weight is 308 g/mol. The molecule has 0 fully saturated rings. The van der Waals surface area contributed by atoms with Crippen LogP contribution in [0, 0.1) is 0 Å². The molecule has 0 spiro atoms. The van der Waals surface area contributed by atoms with E-state index in [9.17, 15) is 0 Å². The lowest BCUT2D eigenvalue weighted by molar-refractivity contribution is 0.296. The van der Waals surface area contributed by atoms with Crippen LogP contribution in [0.5, 0.6) is 11.5 Å². The highest BCUT2D eigenvalue weighted by atomic mass is 35.5. The Hall–Kier alpha value is -1.88. The van der Waals surface area contributed by atoms with E-state index < -0.39 is 0 Å². The van der Waals surface area contributed by atoms with Crippen LogP contribution in [-0.2, 0) is 0 Å². The van der Waals surface area contributed by atoms with E-state index in [-0.39, 0.29) is 5.92 Å². The maximum atomic E-state index is 6.38. The highest BCUT2D eigenvalue weighted by Gasteiger charge is 2.25. The Labute approximate surface area is 128 Å². The monoisotopic (exact) mass is 307 g/mol. The first-order valence-electron chi connectivity index (χ1n) is 7.01. The maximum absolute atomic E-state index is 6.38. The first-order chi connectivity index (χ1) is 10.1. The minimum Gasteiger partial charge on any atom is -0.489 e. The van der Waals surface area contributed by atoms with Crippen LogP contribution in [0.1, 0.15) is 31.7 Å². The van der Waals surface area contributed by atoms with Crippen LogP contribution in [0.2, 0.25) is 5.02 Å². The number of hydrogen-bond donors (Lipinski definition) is 2. The number of nitrogens with one attached hydrogen (secondary N) is 1. The van der Waals surface area contributed by atoms with Crippen molar-refractivity contribution in [1.82, 2.24) is 10.2 Å². The lowest BCUT2D eigenvalue weighted by Crippen LogP contribution is -2.02. The number of ether oxygens (including phenoxy) is 2. The van der Waals surface area contributed by atoms with Crippen molar-refractivity contribution in [1.29, 1.82) is 0 Å². The van der Waals surface area contributed by atoms with Crippen LogP contribution in [0.25, 0.3) is 11.3 Å². The molecule has 2 aromatic rings. The van der Waals surface area contributed by atoms with Gasteiger partial charge in [0, 0.05) is 23.6 Å². The third-order valence-corrected chi connectivity index (χ3v) is 3.76. The largest absolute Gasteiger partial charge is 0.489 e. The molecule has 0 bridgehead atoms. The molecule has 112 valence electrons. The van der Waals surface area contributed by atoms with Crippen LogP contribution in [0.3, 0.4) is 0 Å². The van der Waals surface area contributed by atoms with Crippen LogP contribution in [0.4, 0.5) is 5.82 Å². The van der Waals surface area contributed by atoms with Gasteiger partial charge in [0.15, 0.2) is 11.5 Å². The molecule has 3 N–H and O–H groups in total. The Kier molecular flexibility index (Phi) is 3.68. The molecule has 0 saturated carbocycles. The van der Waals surface area contributed by atoms with Crippen molar-refractivity contribution in [3.63, 3.8) is 0 Å². The summed E-state index contributed by atoms with van der Waals surface area (Å²) in [6, 6.07) is 3.68. The second-order valence-electron chi connectivity index (χ2n) is 5.39. The van der Waals surface area contributed by atoms with Gasteiger partial charge in [0.05, 0.1) is 23.9 Å². The molecule has 1 aliphatic heterocycles. The third-order valence-electron chi connectivity index (χ3n) is 3.48. The van der Waals surface area contributed by atoms with Crippen molar-refractivity contribution in [3.05, 3.63) is 22.7 Å². The second kappa shape index (κ2) is 5.48. The predicted molar refractivity (Wildman–Crippen MR) is 83.1 cm³/mol. The minimum atomic E-state index is 0.247. The number of nitrogen functional groups attached to an aromatic ring is 1. The fraction of sp³-hybridized carbons (Fsp3) is 0.400. The van der Waals surface area contributed by atoms with Crippen molar-refractivity contribution in [2.75, 3.05) is 18.9 Å². The summed E-state index contributed by atoms with van der Waals surface area (Å²) >= 11 is 6.38. The van der Waals surface area contributed by atoms with E-state index in [2.05, 4.69) is 24.0 Å². The Balaban J connectivity index is 2.25. The summed E-state index contributed by atoms with van der Waals surface area (Å²) in [5.41, 5.74) is 8.54. The molecule has 0 unspecified atom stereocenters. The Bertz CT molecular complexity index is 667. The fourth-order valence-corrected chi connectivity index (χ4v) is 2.83. The van der Waals surface area contributed by atoms with Crippen molar-refractivity contribution in [2.24, 2.45) is 0 Å². The smallest absolute Gasteiger partial charge is 0.180 e. The van der Waals surface area contributed by atoms with Gasteiger partial charge in [-0.15, -0.1) is 0 Å². The summed E-state index contributed by atoms with van der Waals surface area (Å²) in [6.45, 7) is 5.46. The molecule has 1 aromatic heterocycles. The standard InChI is InChI=1S/C15H18ClN3O2/c1-8(2)13-9(11-7-12(17)19-18-11)6-10(16)14-15(13)21-5-3-4-20-14/h6-8H,3-5H2,1-2H3,(H3,17,18,19). The summed E-state index contributed by atoms with van der Waals surface area (Å²) < 4.78 is 11.7. The number of fused-ring (bicyclic) bond motifs is 1. The number of aromatic nitrogens is 2. The highest BCUT2D eigenvalue weighted by Crippen LogP contribution is 2.47. The van der Waals surface area contributed by atoms with Crippen molar-refractivity contribution < 1.29 is 9.47 Å². The predicted octanol–water partition coefficient (Wildman–Crippen LogP) is 3.60. The lowest BCUT2D eigenvalue weighted by Gasteiger charge is -2.20. The van der Waals surface area contributed by atoms with E-state index >= 15 is 0 Å². The first kappa shape index (κ1) is 14.1. The molecular weight excluding hydrogens is 290 g/mol. The quantitative estimate of drug-likeness (QED) is 0.889. The Morgan fingerprint density at radius 3 is 2.57 bits per heavy atom. The number of rotatable bonds is 2. The molecule has 5 nitrogen and oxygen atoms in total. The molecule has 0 amide bonds. The van der Waals surface area contributed by atoms with Crippen LogP contribution in [-0.4, -0.2) is 23.4 Å². The van der Waals surface area contributed by atoms with Crippen molar-refractivity contribution in [3.8, 4) is 22.8 Å². The van der Waals surface area contributed by atoms with Gasteiger partial charge in [-0.25, -0.2) is 0 Å². The number of benzene rings is 1. The van der Waals surface area contributed by atoms with Gasteiger partial charge in [-0.3, -0.25) is 5.10 Å². The number of nitrogens with zero attached hydrogens (tertiary/aromatic N) is 1. The number of aromatic amines is 1. The summed E-state index contributed by atoms with van der Waals surface area (Å²) in [7, 11) is 0. The Morgan fingerprint density at radius 2 is 1.95 bits per heavy atom. The van der Waals surface area contributed by atoms with Gasteiger partial charge in [0.25, 0.3) is 0 Å². The van der Waals surface area contributed by atoms with Gasteiger partial charge in [-0.2, -0.15) is 5.10 Å². The topological polar surface area (TPSA) is 73.2 Å². The summed E-state index contributed by atoms with van der Waals surface area (Å²) in [5.74, 6) is 2.06. The molecule has 3 rings (SSSR count). The minimum absolute atomic E-state index is 0.247. The van der Waals surface area contributed by atoms with E-state index in [1.165, 1.54) is 0 Å². The molecule has 1 aliphatic rings. The summed E-state index contributed by atoms with van der Waals surface area (Å²) in [6.07, 6.45) is 0.842. The summed E-state index contributed by atoms with van der Waals surface area (Å²) in [5, 5.41) is 7.47. The molecule has 0 aliphatic carbocycles. The van der Waals surface area contributed by atoms with Crippen molar-refractivity contribution in [2.45, 2.75) is 26.2 Å². The molecular formula is C15H18ClN3O2. The van der Waals surface area contributed by atoms with Gasteiger partial charge in [-0.05, 0) is 12.0 Å². The van der Waals surface area contributed by atoms with Crippen LogP contribution < -0.4 is 15.2 Å². The zero-order valence-corrected chi connectivity index (χ0v) is 12.8. The number of nitrogens with two attached hydrogens (primary N) is 1. The first-order valence-corrected chi connectivity index (χ1v) is 7.39. The maximum Gasteiger partial charge on any atom is 0.180 e. The summed E-state index contributed by atoms with van der Waals surface area (Å²) in [4.78, 5) is 0. The normalized spacial score (nSPS) is 14.3. The van der Waals surface area contributed by atoms with E-state index in [0.29, 0.717) is 29.8 Å². The van der Waals surface area contributed by atoms with Crippen LogP contribution in [0.15, 0.2) is 12.1 Å². The molecule has 1 aromatic carbocycles. The van der Waals surface area contributed by atoms with Gasteiger partial charge < -0.3 is 15.2 Å². The number of hydrogen-bond acceptors (Lipinski definition) is 4. The van der Waals surface area contributed by atoms with Crippen molar-refractivity contribution >= 4 is 17.4 Å². The van der Waals surface area contributed by atoms with E-state index in [0.717, 1.165) is 29.0 Å². The number of halogens is 1. The van der Waals surface area contributed by atoms with Gasteiger partial charge in [0.1, 0.15) is 5.82 Å². The highest BCUT2D eigenvalue weighted by molar-refractivity contribution is 6.32. The molecule has 0 radical (unpaired) electrons. The van der Waals surface area contributed by atoms with E-state index in [1.54, 1.807) is 6.07 Å². The van der Waals surface area contributed by atoms with Gasteiger partial charge in [-0.1, -0.05) is 25.4 Å². The number of anilines is 1. The van der Waals surface area contributed by atoms with E-state index in [4.69, 9.17) is 26.8 Å². The SMILES string of the molecule is CC(C)c1c(-c2cc(N)n[nH]2)cc(Cl)c2c1OCCCO2. The fourth-order valence-electron chi connectivity index (χ4n) is 2.58. The van der Waals surface area contributed by atoms with Gasteiger partial charge in [0.2, 0.25) is 0 Å². The molecule has 0 saturated heterocycles. The van der Waals surface area contributed by atoms with E-state index in [1.807, 2.05) is 6.07 Å². The molecule has 6 heteroatoms. The molecule has 0 atom stereocenters. The zero-order chi connectivity index (χ0) is 15.0. The van der Waals surface area contributed by atoms with Gasteiger partial charge >= 0.3 is 0 Å². The zero-order valence-electron chi connectivity index (χ0n) is 12.1. The lowest BCUT2D eigenvalue weighted by atomic mass is 9.93. The average Bonchev–Trinajstić information content (AvgIpc) is 2.72. The second-order valence-corrected chi connectivity index (χ2v) is 5.80. The molecule has 21 heavy (non-hydrogen) atoms. The van der Waals surface area contributed by atoms with Crippen LogP contribution >= 0.6 is 11.6 Å².